The van der Waals surface area contributed by atoms with E-state index < -0.39 is 117 Å². The van der Waals surface area contributed by atoms with Gasteiger partial charge in [-0.05, 0) is 26.7 Å². The summed E-state index contributed by atoms with van der Waals surface area (Å²) in [6.45, 7) is 8.31. The molecule has 0 radical (unpaired) electrons. The minimum Gasteiger partial charge on any atom is -0.461 e. The van der Waals surface area contributed by atoms with Crippen LogP contribution >= 0.6 is 0 Å². The van der Waals surface area contributed by atoms with Crippen LogP contribution in [0.2, 0.25) is 0 Å². The Morgan fingerprint density at radius 2 is 0.900 bits per heavy atom. The van der Waals surface area contributed by atoms with Gasteiger partial charge in [0, 0.05) is 24.0 Å². The van der Waals surface area contributed by atoms with Gasteiger partial charge >= 0.3 is 53.4 Å². The number of hydrogen-bond acceptors (Lipinski definition) is 7. The third-order valence-corrected chi connectivity index (χ3v) is 7.37. The molecule has 50 heavy (non-hydrogen) atoms. The molecular weight excluding hydrogens is 712 g/mol. The van der Waals surface area contributed by atoms with Crippen LogP contribution in [0.4, 0.5) is 52.7 Å². The number of esters is 3. The highest BCUT2D eigenvalue weighted by Crippen LogP contribution is 2.61. The average molecular weight is 753 g/mol. The molecule has 0 atom stereocenters. The van der Waals surface area contributed by atoms with Crippen molar-refractivity contribution in [3.63, 3.8) is 0 Å². The number of halogens is 12. The van der Waals surface area contributed by atoms with Crippen LogP contribution in [0.1, 0.15) is 72.1 Å². The Labute approximate surface area is 280 Å². The van der Waals surface area contributed by atoms with Gasteiger partial charge in [-0.15, -0.1) is 0 Å². The van der Waals surface area contributed by atoms with Crippen molar-refractivity contribution >= 4 is 17.9 Å². The van der Waals surface area contributed by atoms with Gasteiger partial charge in [-0.2, -0.15) is 52.7 Å². The number of carbonyl (C=O) groups is 3. The van der Waals surface area contributed by atoms with Gasteiger partial charge in [0.05, 0.1) is 17.6 Å². The van der Waals surface area contributed by atoms with Crippen LogP contribution in [0.3, 0.4) is 0 Å². The van der Waals surface area contributed by atoms with Crippen molar-refractivity contribution in [1.29, 1.82) is 0 Å². The van der Waals surface area contributed by atoms with E-state index in [0.717, 1.165) is 13.8 Å². The van der Waals surface area contributed by atoms with E-state index in [2.05, 4.69) is 19.7 Å². The number of carbonyl (C=O) groups excluding carboxylic acids is 3. The molecular formula is C31H40F12O7. The van der Waals surface area contributed by atoms with Crippen LogP contribution in [0.25, 0.3) is 0 Å². The first-order valence-corrected chi connectivity index (χ1v) is 14.9. The Hall–Kier alpha value is -3.25. The summed E-state index contributed by atoms with van der Waals surface area (Å²) in [6.07, 6.45) is -6.66. The van der Waals surface area contributed by atoms with Crippen molar-refractivity contribution < 1.29 is 86.4 Å². The topological polar surface area (TPSA) is 99.1 Å². The van der Waals surface area contributed by atoms with Gasteiger partial charge < -0.3 is 19.3 Å². The summed E-state index contributed by atoms with van der Waals surface area (Å²) in [7, 11) is 0. The SMILES string of the molecule is C=C(C)C(=O)OCC(CCC(F)(F)C(F)(F)C(F)(F)C(F)(F)C(F)(F)C(F)(F)CCCCCCC)(COC(=O)C(=C)C)COC(=O)C(=C)CO. The van der Waals surface area contributed by atoms with E-state index in [4.69, 9.17) is 19.3 Å². The summed E-state index contributed by atoms with van der Waals surface area (Å²) >= 11 is 0. The van der Waals surface area contributed by atoms with Gasteiger partial charge in [-0.3, -0.25) is 0 Å². The first-order chi connectivity index (χ1) is 22.5. The van der Waals surface area contributed by atoms with E-state index in [9.17, 15) is 58.3 Å². The zero-order chi connectivity index (χ0) is 39.6. The third-order valence-electron chi connectivity index (χ3n) is 7.37. The van der Waals surface area contributed by atoms with Crippen molar-refractivity contribution in [3.8, 4) is 0 Å². The fraction of sp³-hybridized carbons (Fsp3) is 0.710. The summed E-state index contributed by atoms with van der Waals surface area (Å²) in [4.78, 5) is 36.2. The molecule has 7 nitrogen and oxygen atoms in total. The summed E-state index contributed by atoms with van der Waals surface area (Å²) < 4.78 is 189. The molecule has 0 aliphatic carbocycles. The number of hydrogen-bond donors (Lipinski definition) is 1. The highest BCUT2D eigenvalue weighted by Gasteiger charge is 2.89. The fourth-order valence-electron chi connectivity index (χ4n) is 3.95. The van der Waals surface area contributed by atoms with Gasteiger partial charge in [0.15, 0.2) is 0 Å². The second kappa shape index (κ2) is 17.8. The third kappa shape index (κ3) is 10.9. The molecule has 0 aliphatic rings. The fourth-order valence-corrected chi connectivity index (χ4v) is 3.95. The second-order valence-corrected chi connectivity index (χ2v) is 11.9. The summed E-state index contributed by atoms with van der Waals surface area (Å²) in [6, 6.07) is 0. The monoisotopic (exact) mass is 752 g/mol. The van der Waals surface area contributed by atoms with Gasteiger partial charge in [-0.1, -0.05) is 52.3 Å². The number of aliphatic hydroxyl groups is 1. The lowest BCUT2D eigenvalue weighted by Gasteiger charge is -2.42. The predicted molar refractivity (Wildman–Crippen MR) is 153 cm³/mol. The largest absolute Gasteiger partial charge is 0.461 e. The molecule has 0 aliphatic heterocycles. The molecule has 0 saturated carbocycles. The molecule has 0 spiro atoms. The standard InChI is InChI=1S/C31H40F12O7/c1-7-8-9-10-11-12-26(32,33)28(36,37)30(40,41)31(42,43)29(38,39)27(34,35)14-13-25(16-48-22(45)19(2)3,17-49-23(46)20(4)5)18-50-24(47)21(6)15-44/h44H,2,4,6-18H2,1,3,5H3. The number of ether oxygens (including phenoxy) is 3. The maximum absolute atomic E-state index is 15.0. The molecule has 0 bridgehead atoms. The first-order valence-electron chi connectivity index (χ1n) is 14.9. The van der Waals surface area contributed by atoms with Gasteiger partial charge in [0.2, 0.25) is 0 Å². The van der Waals surface area contributed by atoms with Crippen LogP contribution in [-0.4, -0.2) is 85.0 Å². The molecule has 290 valence electrons. The molecule has 0 aromatic carbocycles. The lowest BCUT2D eigenvalue weighted by Crippen LogP contribution is -2.70. The Morgan fingerprint density at radius 3 is 1.26 bits per heavy atom. The van der Waals surface area contributed by atoms with E-state index in [-0.39, 0.29) is 24.0 Å². The lowest BCUT2D eigenvalue weighted by atomic mass is 9.81. The quantitative estimate of drug-likeness (QED) is 0.0349. The van der Waals surface area contributed by atoms with Crippen molar-refractivity contribution in [2.75, 3.05) is 26.4 Å². The van der Waals surface area contributed by atoms with Crippen molar-refractivity contribution in [2.24, 2.45) is 5.41 Å². The number of aliphatic hydroxyl groups excluding tert-OH is 1. The van der Waals surface area contributed by atoms with E-state index in [1.165, 1.54) is 0 Å². The lowest BCUT2D eigenvalue weighted by molar-refractivity contribution is -0.426. The minimum atomic E-state index is -7.83. The maximum atomic E-state index is 15.0. The van der Waals surface area contributed by atoms with E-state index in [1.807, 2.05) is 0 Å². The zero-order valence-corrected chi connectivity index (χ0v) is 27.5. The van der Waals surface area contributed by atoms with E-state index in [0.29, 0.717) is 12.8 Å². The van der Waals surface area contributed by atoms with Gasteiger partial charge in [0.1, 0.15) is 19.8 Å². The smallest absolute Gasteiger partial charge is 0.384 e. The molecule has 0 heterocycles. The molecule has 0 unspecified atom stereocenters. The Kier molecular flexibility index (Phi) is 16.6. The van der Waals surface area contributed by atoms with Crippen LogP contribution in [-0.2, 0) is 28.6 Å². The second-order valence-electron chi connectivity index (χ2n) is 11.9. The predicted octanol–water partition coefficient (Wildman–Crippen LogP) is 8.26. The molecule has 0 aromatic heterocycles. The van der Waals surface area contributed by atoms with Crippen molar-refractivity contribution in [2.45, 2.75) is 108 Å². The molecule has 0 saturated heterocycles. The average Bonchev–Trinajstić information content (AvgIpc) is 3.02. The normalized spacial score (nSPS) is 13.4. The minimum absolute atomic E-state index is 0.157. The molecule has 19 heteroatoms. The van der Waals surface area contributed by atoms with Gasteiger partial charge in [0.25, 0.3) is 0 Å². The maximum Gasteiger partial charge on any atom is 0.384 e. The molecule has 0 rings (SSSR count). The first kappa shape index (κ1) is 46.8. The van der Waals surface area contributed by atoms with Crippen LogP contribution in [0.15, 0.2) is 36.5 Å². The zero-order valence-electron chi connectivity index (χ0n) is 27.5. The summed E-state index contributed by atoms with van der Waals surface area (Å²) in [5, 5.41) is 9.06. The molecule has 0 amide bonds. The highest BCUT2D eigenvalue weighted by atomic mass is 19.4. The van der Waals surface area contributed by atoms with Gasteiger partial charge in [-0.25, -0.2) is 14.4 Å². The summed E-state index contributed by atoms with van der Waals surface area (Å²) in [5.41, 5.74) is -4.01. The molecule has 1 N–H and O–H groups in total. The van der Waals surface area contributed by atoms with Crippen LogP contribution < -0.4 is 0 Å². The Balaban J connectivity index is 6.76. The molecule has 0 aromatic rings. The highest BCUT2D eigenvalue weighted by molar-refractivity contribution is 5.88. The summed E-state index contributed by atoms with van der Waals surface area (Å²) in [5.74, 6) is -46.9. The Bertz CT molecular complexity index is 1200. The van der Waals surface area contributed by atoms with Crippen LogP contribution in [0, 0.1) is 5.41 Å². The number of alkyl halides is 12. The van der Waals surface area contributed by atoms with Crippen molar-refractivity contribution in [1.82, 2.24) is 0 Å². The number of rotatable bonds is 24. The number of unbranched alkanes of at least 4 members (excludes halogenated alkanes) is 4. The van der Waals surface area contributed by atoms with E-state index >= 15 is 8.78 Å². The van der Waals surface area contributed by atoms with Crippen LogP contribution in [0.5, 0.6) is 0 Å². The van der Waals surface area contributed by atoms with E-state index in [1.54, 1.807) is 6.92 Å². The Morgan fingerprint density at radius 1 is 0.540 bits per heavy atom. The molecule has 0 fully saturated rings. The van der Waals surface area contributed by atoms with Crippen molar-refractivity contribution in [3.05, 3.63) is 36.5 Å².